The van der Waals surface area contributed by atoms with Crippen LogP contribution in [0.4, 0.5) is 4.79 Å². The van der Waals surface area contributed by atoms with E-state index in [0.29, 0.717) is 13.0 Å². The summed E-state index contributed by atoms with van der Waals surface area (Å²) in [5.41, 5.74) is 0.958. The fourth-order valence-corrected chi connectivity index (χ4v) is 2.24. The zero-order chi connectivity index (χ0) is 15.1. The van der Waals surface area contributed by atoms with Crippen LogP contribution in [0, 0.1) is 0 Å². The number of carboxylic acids is 1. The molecule has 0 bridgehead atoms. The number of aliphatic carboxylic acids is 1. The zero-order valence-corrected chi connectivity index (χ0v) is 13.2. The number of nitrogens with one attached hydrogen (secondary N) is 1. The maximum absolute atomic E-state index is 12.1. The third-order valence-corrected chi connectivity index (χ3v) is 3.29. The Balaban J connectivity index is 2.69. The third kappa shape index (κ3) is 5.21. The predicted octanol–water partition coefficient (Wildman–Crippen LogP) is 3.02. The molecule has 1 rings (SSSR count). The van der Waals surface area contributed by atoms with Gasteiger partial charge in [0.1, 0.15) is 6.54 Å². The minimum Gasteiger partial charge on any atom is -0.480 e. The van der Waals surface area contributed by atoms with Crippen LogP contribution in [0.1, 0.15) is 31.9 Å². The molecular formula is C14H19BrN2O3. The van der Waals surface area contributed by atoms with E-state index in [1.54, 1.807) is 0 Å². The molecule has 0 aliphatic heterocycles. The number of carboxylic acid groups (broad SMARTS) is 1. The first kappa shape index (κ1) is 16.5. The van der Waals surface area contributed by atoms with E-state index in [9.17, 15) is 9.59 Å². The molecule has 20 heavy (non-hydrogen) atoms. The second kappa shape index (κ2) is 7.89. The van der Waals surface area contributed by atoms with Crippen molar-refractivity contribution < 1.29 is 14.7 Å². The van der Waals surface area contributed by atoms with Crippen molar-refractivity contribution in [3.05, 3.63) is 34.3 Å². The number of hydrogen-bond acceptors (Lipinski definition) is 2. The van der Waals surface area contributed by atoms with Gasteiger partial charge in [-0.3, -0.25) is 4.79 Å². The van der Waals surface area contributed by atoms with E-state index in [1.165, 1.54) is 4.90 Å². The molecule has 2 N–H and O–H groups in total. The highest BCUT2D eigenvalue weighted by molar-refractivity contribution is 9.10. The number of amides is 2. The molecule has 110 valence electrons. The molecule has 1 atom stereocenters. The summed E-state index contributed by atoms with van der Waals surface area (Å²) in [6.07, 6.45) is 0.714. The highest BCUT2D eigenvalue weighted by atomic mass is 79.9. The quantitative estimate of drug-likeness (QED) is 0.834. The number of rotatable bonds is 6. The standard InChI is InChI=1S/C14H19BrN2O3/c1-3-7-17(9-13(18)19)14(20)16-10(2)11-5-4-6-12(15)8-11/h4-6,8,10H,3,7,9H2,1-2H3,(H,16,20)(H,18,19). The Bertz CT molecular complexity index is 479. The summed E-state index contributed by atoms with van der Waals surface area (Å²) in [4.78, 5) is 24.1. The molecule has 1 unspecified atom stereocenters. The van der Waals surface area contributed by atoms with Crippen LogP contribution in [0.15, 0.2) is 28.7 Å². The number of nitrogens with zero attached hydrogens (tertiary/aromatic N) is 1. The number of carbonyl (C=O) groups is 2. The van der Waals surface area contributed by atoms with Crippen LogP contribution in [0.3, 0.4) is 0 Å². The van der Waals surface area contributed by atoms with Crippen LogP contribution < -0.4 is 5.32 Å². The van der Waals surface area contributed by atoms with Crippen LogP contribution in [0.5, 0.6) is 0 Å². The molecule has 6 heteroatoms. The Labute approximate surface area is 127 Å². The van der Waals surface area contributed by atoms with Crippen molar-refractivity contribution in [2.24, 2.45) is 0 Å². The van der Waals surface area contributed by atoms with Crippen LogP contribution in [-0.2, 0) is 4.79 Å². The van der Waals surface area contributed by atoms with Gasteiger partial charge in [0, 0.05) is 11.0 Å². The van der Waals surface area contributed by atoms with Crippen LogP contribution in [0.25, 0.3) is 0 Å². The van der Waals surface area contributed by atoms with Gasteiger partial charge >= 0.3 is 12.0 Å². The summed E-state index contributed by atoms with van der Waals surface area (Å²) in [7, 11) is 0. The smallest absolute Gasteiger partial charge is 0.323 e. The maximum Gasteiger partial charge on any atom is 0.323 e. The molecule has 0 saturated heterocycles. The molecule has 0 heterocycles. The van der Waals surface area contributed by atoms with E-state index < -0.39 is 5.97 Å². The summed E-state index contributed by atoms with van der Waals surface area (Å²) in [6, 6.07) is 7.09. The molecule has 0 aromatic heterocycles. The van der Waals surface area contributed by atoms with Crippen molar-refractivity contribution in [2.75, 3.05) is 13.1 Å². The Morgan fingerprint density at radius 3 is 2.70 bits per heavy atom. The Morgan fingerprint density at radius 1 is 1.45 bits per heavy atom. The topological polar surface area (TPSA) is 69.6 Å². The highest BCUT2D eigenvalue weighted by Crippen LogP contribution is 2.18. The average molecular weight is 343 g/mol. The lowest BCUT2D eigenvalue weighted by atomic mass is 10.1. The van der Waals surface area contributed by atoms with Gasteiger partial charge in [0.25, 0.3) is 0 Å². The first-order chi connectivity index (χ1) is 9.43. The third-order valence-electron chi connectivity index (χ3n) is 2.80. The molecular weight excluding hydrogens is 324 g/mol. The number of hydrogen-bond donors (Lipinski definition) is 2. The molecule has 1 aromatic rings. The van der Waals surface area contributed by atoms with Gasteiger partial charge in [0.2, 0.25) is 0 Å². The molecule has 0 aliphatic rings. The lowest BCUT2D eigenvalue weighted by molar-refractivity contribution is -0.137. The molecule has 2 amide bonds. The fraction of sp³-hybridized carbons (Fsp3) is 0.429. The van der Waals surface area contributed by atoms with Gasteiger partial charge in [-0.05, 0) is 31.0 Å². The maximum atomic E-state index is 12.1. The largest absolute Gasteiger partial charge is 0.480 e. The lowest BCUT2D eigenvalue weighted by Crippen LogP contribution is -2.43. The highest BCUT2D eigenvalue weighted by Gasteiger charge is 2.18. The summed E-state index contributed by atoms with van der Waals surface area (Å²) in [6.45, 7) is 3.90. The number of urea groups is 1. The van der Waals surface area contributed by atoms with E-state index >= 15 is 0 Å². The van der Waals surface area contributed by atoms with Crippen molar-refractivity contribution in [1.29, 1.82) is 0 Å². The van der Waals surface area contributed by atoms with Crippen molar-refractivity contribution in [3.8, 4) is 0 Å². The van der Waals surface area contributed by atoms with E-state index in [4.69, 9.17) is 5.11 Å². The van der Waals surface area contributed by atoms with Gasteiger partial charge in [-0.1, -0.05) is 35.0 Å². The van der Waals surface area contributed by atoms with Gasteiger partial charge in [-0.2, -0.15) is 0 Å². The summed E-state index contributed by atoms with van der Waals surface area (Å²) < 4.78 is 0.937. The van der Waals surface area contributed by atoms with Gasteiger partial charge in [-0.15, -0.1) is 0 Å². The summed E-state index contributed by atoms with van der Waals surface area (Å²) >= 11 is 3.38. The normalized spacial score (nSPS) is 11.8. The average Bonchev–Trinajstić information content (AvgIpc) is 2.37. The Morgan fingerprint density at radius 2 is 2.15 bits per heavy atom. The Hall–Kier alpha value is -1.56. The second-order valence-electron chi connectivity index (χ2n) is 4.54. The Kier molecular flexibility index (Phi) is 6.51. The minimum atomic E-state index is -1.01. The predicted molar refractivity (Wildman–Crippen MR) is 80.6 cm³/mol. The van der Waals surface area contributed by atoms with Crippen LogP contribution in [0.2, 0.25) is 0 Å². The molecule has 0 fully saturated rings. The number of halogens is 1. The van der Waals surface area contributed by atoms with E-state index in [-0.39, 0.29) is 18.6 Å². The molecule has 5 nitrogen and oxygen atoms in total. The first-order valence-electron chi connectivity index (χ1n) is 6.46. The minimum absolute atomic E-state index is 0.187. The van der Waals surface area contributed by atoms with Gasteiger partial charge in [-0.25, -0.2) is 4.79 Å². The molecule has 1 aromatic carbocycles. The lowest BCUT2D eigenvalue weighted by Gasteiger charge is -2.23. The molecule has 0 radical (unpaired) electrons. The van der Waals surface area contributed by atoms with Gasteiger partial charge in [0.15, 0.2) is 0 Å². The SMILES string of the molecule is CCCN(CC(=O)O)C(=O)NC(C)c1cccc(Br)c1. The van der Waals surface area contributed by atoms with Gasteiger partial charge < -0.3 is 15.3 Å². The van der Waals surface area contributed by atoms with Gasteiger partial charge in [0.05, 0.1) is 6.04 Å². The van der Waals surface area contributed by atoms with Crippen molar-refractivity contribution in [2.45, 2.75) is 26.3 Å². The second-order valence-corrected chi connectivity index (χ2v) is 5.46. The summed E-state index contributed by atoms with van der Waals surface area (Å²) in [5, 5.41) is 11.6. The zero-order valence-electron chi connectivity index (χ0n) is 11.6. The monoisotopic (exact) mass is 342 g/mol. The van der Waals surface area contributed by atoms with Crippen LogP contribution in [-0.4, -0.2) is 35.1 Å². The van der Waals surface area contributed by atoms with E-state index in [0.717, 1.165) is 10.0 Å². The van der Waals surface area contributed by atoms with Crippen molar-refractivity contribution in [3.63, 3.8) is 0 Å². The molecule has 0 aliphatic carbocycles. The van der Waals surface area contributed by atoms with E-state index in [1.807, 2.05) is 38.1 Å². The molecule has 0 spiro atoms. The number of carbonyl (C=O) groups excluding carboxylic acids is 1. The number of benzene rings is 1. The van der Waals surface area contributed by atoms with Crippen LogP contribution >= 0.6 is 15.9 Å². The van der Waals surface area contributed by atoms with E-state index in [2.05, 4.69) is 21.2 Å². The molecule has 0 saturated carbocycles. The fourth-order valence-electron chi connectivity index (χ4n) is 1.82. The van der Waals surface area contributed by atoms with Crippen molar-refractivity contribution >= 4 is 27.9 Å². The summed E-state index contributed by atoms with van der Waals surface area (Å²) in [5.74, 6) is -1.01. The first-order valence-corrected chi connectivity index (χ1v) is 7.26. The van der Waals surface area contributed by atoms with Crippen molar-refractivity contribution in [1.82, 2.24) is 10.2 Å².